The van der Waals surface area contributed by atoms with Gasteiger partial charge in [0.2, 0.25) is 5.91 Å². The van der Waals surface area contributed by atoms with Gasteiger partial charge in [0, 0.05) is 25.0 Å². The number of carbonyl (C=O) groups is 1. The molecule has 1 aromatic rings. The van der Waals surface area contributed by atoms with Crippen molar-refractivity contribution < 1.29 is 4.79 Å². The lowest BCUT2D eigenvalue weighted by atomic mass is 10.2. The molecule has 3 nitrogen and oxygen atoms in total. The molecule has 1 N–H and O–H groups in total. The molecule has 0 saturated carbocycles. The minimum atomic E-state index is 0. The van der Waals surface area contributed by atoms with E-state index >= 15 is 0 Å². The largest absolute Gasteiger partial charge is 0.341 e. The molecule has 5 heteroatoms. The highest BCUT2D eigenvalue weighted by Crippen LogP contribution is 2.11. The zero-order valence-electron chi connectivity index (χ0n) is 10.8. The van der Waals surface area contributed by atoms with Crippen molar-refractivity contribution in [2.75, 3.05) is 20.6 Å². The summed E-state index contributed by atoms with van der Waals surface area (Å²) in [5, 5.41) is 3.75. The van der Waals surface area contributed by atoms with Crippen LogP contribution in [0.3, 0.4) is 0 Å². The molecule has 0 heterocycles. The fourth-order valence-corrected chi connectivity index (χ4v) is 1.69. The molecule has 0 radical (unpaired) electrons. The zero-order valence-corrected chi connectivity index (χ0v) is 12.4. The highest BCUT2D eigenvalue weighted by molar-refractivity contribution is 6.30. The van der Waals surface area contributed by atoms with E-state index < -0.39 is 0 Å². The van der Waals surface area contributed by atoms with E-state index in [1.54, 1.807) is 4.90 Å². The second kappa shape index (κ2) is 9.20. The Kier molecular flexibility index (Phi) is 8.81. The Morgan fingerprint density at radius 3 is 2.50 bits per heavy atom. The summed E-state index contributed by atoms with van der Waals surface area (Å²) in [6.07, 6.45) is 1.46. The molecule has 0 spiro atoms. The quantitative estimate of drug-likeness (QED) is 0.817. The van der Waals surface area contributed by atoms with Crippen LogP contribution >= 0.6 is 24.0 Å². The second-order valence-corrected chi connectivity index (χ2v) is 4.52. The van der Waals surface area contributed by atoms with E-state index in [9.17, 15) is 4.79 Å². The molecule has 0 aliphatic carbocycles. The topological polar surface area (TPSA) is 32.3 Å². The molecule has 0 aliphatic rings. The molecule has 1 rings (SSSR count). The molecular formula is C13H20Cl2N2O. The lowest BCUT2D eigenvalue weighted by Crippen LogP contribution is -2.26. The number of benzene rings is 1. The Morgan fingerprint density at radius 2 is 1.94 bits per heavy atom. The number of carbonyl (C=O) groups excluding carboxylic acids is 1. The van der Waals surface area contributed by atoms with Crippen LogP contribution in [-0.2, 0) is 11.3 Å². The summed E-state index contributed by atoms with van der Waals surface area (Å²) < 4.78 is 0. The molecule has 0 saturated heterocycles. The number of hydrogen-bond acceptors (Lipinski definition) is 2. The lowest BCUT2D eigenvalue weighted by Gasteiger charge is -2.17. The molecule has 0 fully saturated rings. The van der Waals surface area contributed by atoms with Crippen LogP contribution in [0.2, 0.25) is 5.02 Å². The molecule has 1 aromatic carbocycles. The van der Waals surface area contributed by atoms with Crippen LogP contribution in [0, 0.1) is 0 Å². The standard InChI is InChI=1S/C13H19ClN2O.ClH/c1-15-9-3-4-13(17)16(2)10-11-5-7-12(14)8-6-11;/h5-8,15H,3-4,9-10H2,1-2H3;1H. The van der Waals surface area contributed by atoms with Crippen molar-refractivity contribution in [2.45, 2.75) is 19.4 Å². The van der Waals surface area contributed by atoms with Crippen molar-refractivity contribution in [1.82, 2.24) is 10.2 Å². The Hall–Kier alpha value is -0.770. The van der Waals surface area contributed by atoms with E-state index in [0.717, 1.165) is 23.6 Å². The van der Waals surface area contributed by atoms with Gasteiger partial charge in [-0.1, -0.05) is 23.7 Å². The molecular weight excluding hydrogens is 271 g/mol. The highest BCUT2D eigenvalue weighted by atomic mass is 35.5. The first-order chi connectivity index (χ1) is 8.13. The van der Waals surface area contributed by atoms with Crippen LogP contribution in [0.25, 0.3) is 0 Å². The summed E-state index contributed by atoms with van der Waals surface area (Å²) in [7, 11) is 3.72. The van der Waals surface area contributed by atoms with E-state index in [0.29, 0.717) is 13.0 Å². The maximum absolute atomic E-state index is 11.8. The third-order valence-corrected chi connectivity index (χ3v) is 2.83. The fraction of sp³-hybridized carbons (Fsp3) is 0.462. The number of nitrogens with one attached hydrogen (secondary N) is 1. The van der Waals surface area contributed by atoms with Gasteiger partial charge >= 0.3 is 0 Å². The summed E-state index contributed by atoms with van der Waals surface area (Å²) in [5.41, 5.74) is 1.10. The van der Waals surface area contributed by atoms with Crippen molar-refractivity contribution in [3.05, 3.63) is 34.9 Å². The van der Waals surface area contributed by atoms with Gasteiger partial charge in [-0.25, -0.2) is 0 Å². The minimum absolute atomic E-state index is 0. The van der Waals surface area contributed by atoms with Gasteiger partial charge in [-0.05, 0) is 37.7 Å². The number of halogens is 2. The second-order valence-electron chi connectivity index (χ2n) is 4.08. The van der Waals surface area contributed by atoms with Gasteiger partial charge in [0.25, 0.3) is 0 Å². The average molecular weight is 291 g/mol. The third kappa shape index (κ3) is 6.24. The molecule has 18 heavy (non-hydrogen) atoms. The first kappa shape index (κ1) is 17.2. The summed E-state index contributed by atoms with van der Waals surface area (Å²) in [6.45, 7) is 1.51. The maximum Gasteiger partial charge on any atom is 0.222 e. The first-order valence-corrected chi connectivity index (χ1v) is 6.14. The molecule has 0 bridgehead atoms. The number of rotatable bonds is 6. The summed E-state index contributed by atoms with van der Waals surface area (Å²) in [5.74, 6) is 0.176. The van der Waals surface area contributed by atoms with Crippen molar-refractivity contribution >= 4 is 29.9 Å². The van der Waals surface area contributed by atoms with Gasteiger partial charge in [0.1, 0.15) is 0 Å². The van der Waals surface area contributed by atoms with Crippen molar-refractivity contribution in [1.29, 1.82) is 0 Å². The van der Waals surface area contributed by atoms with E-state index in [1.807, 2.05) is 38.4 Å². The first-order valence-electron chi connectivity index (χ1n) is 5.76. The van der Waals surface area contributed by atoms with Crippen molar-refractivity contribution in [3.63, 3.8) is 0 Å². The van der Waals surface area contributed by atoms with Gasteiger partial charge in [-0.15, -0.1) is 12.4 Å². The molecule has 0 atom stereocenters. The highest BCUT2D eigenvalue weighted by Gasteiger charge is 2.08. The van der Waals surface area contributed by atoms with E-state index in [1.165, 1.54) is 0 Å². The monoisotopic (exact) mass is 290 g/mol. The van der Waals surface area contributed by atoms with Crippen LogP contribution in [0.15, 0.2) is 24.3 Å². The van der Waals surface area contributed by atoms with E-state index in [-0.39, 0.29) is 18.3 Å². The summed E-state index contributed by atoms with van der Waals surface area (Å²) in [6, 6.07) is 7.58. The Bertz CT molecular complexity index is 355. The molecule has 0 unspecified atom stereocenters. The number of nitrogens with zero attached hydrogens (tertiary/aromatic N) is 1. The fourth-order valence-electron chi connectivity index (χ4n) is 1.56. The van der Waals surface area contributed by atoms with Gasteiger partial charge in [-0.3, -0.25) is 4.79 Å². The van der Waals surface area contributed by atoms with Crippen LogP contribution in [0.5, 0.6) is 0 Å². The SMILES string of the molecule is CNCCCC(=O)N(C)Cc1ccc(Cl)cc1.Cl. The van der Waals surface area contributed by atoms with Crippen LogP contribution < -0.4 is 5.32 Å². The van der Waals surface area contributed by atoms with Crippen LogP contribution in [0.1, 0.15) is 18.4 Å². The Morgan fingerprint density at radius 1 is 1.33 bits per heavy atom. The van der Waals surface area contributed by atoms with Gasteiger partial charge in [0.15, 0.2) is 0 Å². The molecule has 1 amide bonds. The molecule has 102 valence electrons. The maximum atomic E-state index is 11.8. The van der Waals surface area contributed by atoms with E-state index in [4.69, 9.17) is 11.6 Å². The van der Waals surface area contributed by atoms with Crippen LogP contribution in [-0.4, -0.2) is 31.4 Å². The smallest absolute Gasteiger partial charge is 0.222 e. The molecule has 0 aliphatic heterocycles. The van der Waals surface area contributed by atoms with Crippen LogP contribution in [0.4, 0.5) is 0 Å². The normalized spacial score (nSPS) is 9.72. The zero-order chi connectivity index (χ0) is 12.7. The molecule has 0 aromatic heterocycles. The Labute approximate surface area is 120 Å². The van der Waals surface area contributed by atoms with Gasteiger partial charge in [0.05, 0.1) is 0 Å². The third-order valence-electron chi connectivity index (χ3n) is 2.58. The van der Waals surface area contributed by atoms with Gasteiger partial charge < -0.3 is 10.2 Å². The number of hydrogen-bond donors (Lipinski definition) is 1. The Balaban J connectivity index is 0.00000289. The predicted octanol–water partition coefficient (Wildman–Crippen LogP) is 2.72. The number of amides is 1. The van der Waals surface area contributed by atoms with Crippen molar-refractivity contribution in [2.24, 2.45) is 0 Å². The summed E-state index contributed by atoms with van der Waals surface area (Å²) in [4.78, 5) is 13.5. The van der Waals surface area contributed by atoms with E-state index in [2.05, 4.69) is 5.32 Å². The van der Waals surface area contributed by atoms with Gasteiger partial charge in [-0.2, -0.15) is 0 Å². The average Bonchev–Trinajstić information content (AvgIpc) is 2.32. The van der Waals surface area contributed by atoms with Crippen molar-refractivity contribution in [3.8, 4) is 0 Å². The summed E-state index contributed by atoms with van der Waals surface area (Å²) >= 11 is 5.81. The minimum Gasteiger partial charge on any atom is -0.341 e. The lowest BCUT2D eigenvalue weighted by molar-refractivity contribution is -0.130. The predicted molar refractivity (Wildman–Crippen MR) is 78.3 cm³/mol.